The van der Waals surface area contributed by atoms with Gasteiger partial charge in [0.2, 0.25) is 5.91 Å². The van der Waals surface area contributed by atoms with Gasteiger partial charge in [-0.3, -0.25) is 9.59 Å². The number of carboxylic acid groups (broad SMARTS) is 1. The summed E-state index contributed by atoms with van der Waals surface area (Å²) in [6, 6.07) is 3.26. The van der Waals surface area contributed by atoms with E-state index < -0.39 is 17.8 Å². The fourth-order valence-electron chi connectivity index (χ4n) is 1.61. The highest BCUT2D eigenvalue weighted by molar-refractivity contribution is 9.10. The lowest BCUT2D eigenvalue weighted by molar-refractivity contribution is -0.139. The third-order valence-corrected chi connectivity index (χ3v) is 4.51. The number of hydrogen-bond donors (Lipinski definition) is 2. The Morgan fingerprint density at radius 3 is 2.50 bits per heavy atom. The summed E-state index contributed by atoms with van der Waals surface area (Å²) < 4.78 is 0.627. The van der Waals surface area contributed by atoms with Gasteiger partial charge in [0.15, 0.2) is 0 Å². The molecule has 1 aromatic carbocycles. The molecule has 1 saturated carbocycles. The monoisotopic (exact) mass is 351 g/mol. The SMILES string of the molecule is O=C(O)C1CC1C(=O)Nc1ccc(Br)c(Cl)c1Cl. The number of carboxylic acids is 1. The standard InChI is InChI=1S/C11H8BrCl2NO3/c12-6-1-2-7(9(14)8(6)13)15-10(16)4-3-5(4)11(17)18/h1-2,4-5H,3H2,(H,15,16)(H,17,18). The Morgan fingerprint density at radius 1 is 1.28 bits per heavy atom. The normalized spacial score (nSPS) is 21.5. The molecule has 4 nitrogen and oxygen atoms in total. The van der Waals surface area contributed by atoms with Crippen molar-refractivity contribution in [1.29, 1.82) is 0 Å². The molecule has 1 aliphatic carbocycles. The first-order valence-corrected chi connectivity index (χ1v) is 6.64. The number of anilines is 1. The minimum atomic E-state index is -0.949. The van der Waals surface area contributed by atoms with Crippen molar-refractivity contribution in [2.75, 3.05) is 5.32 Å². The number of aliphatic carboxylic acids is 1. The average molecular weight is 353 g/mol. The molecule has 18 heavy (non-hydrogen) atoms. The van der Waals surface area contributed by atoms with E-state index in [9.17, 15) is 9.59 Å². The van der Waals surface area contributed by atoms with E-state index in [0.29, 0.717) is 21.6 Å². The van der Waals surface area contributed by atoms with E-state index >= 15 is 0 Å². The van der Waals surface area contributed by atoms with Crippen LogP contribution in [0.1, 0.15) is 6.42 Å². The summed E-state index contributed by atoms with van der Waals surface area (Å²) in [5.74, 6) is -2.37. The first-order chi connectivity index (χ1) is 8.41. The zero-order chi connectivity index (χ0) is 13.4. The number of carbonyl (C=O) groups excluding carboxylic acids is 1. The summed E-state index contributed by atoms with van der Waals surface area (Å²) in [4.78, 5) is 22.4. The van der Waals surface area contributed by atoms with Crippen LogP contribution in [0.3, 0.4) is 0 Å². The van der Waals surface area contributed by atoms with Crippen molar-refractivity contribution >= 4 is 56.7 Å². The van der Waals surface area contributed by atoms with Crippen LogP contribution in [0, 0.1) is 11.8 Å². The molecule has 1 aromatic rings. The van der Waals surface area contributed by atoms with Gasteiger partial charge in [-0.25, -0.2) is 0 Å². The number of hydrogen-bond acceptors (Lipinski definition) is 2. The highest BCUT2D eigenvalue weighted by Crippen LogP contribution is 2.41. The summed E-state index contributed by atoms with van der Waals surface area (Å²) in [7, 11) is 0. The Labute approximate surface area is 121 Å². The number of carbonyl (C=O) groups is 2. The predicted molar refractivity (Wildman–Crippen MR) is 72.0 cm³/mol. The van der Waals surface area contributed by atoms with Gasteiger partial charge < -0.3 is 10.4 Å². The summed E-state index contributed by atoms with van der Waals surface area (Å²) in [6.45, 7) is 0. The van der Waals surface area contributed by atoms with Crippen molar-refractivity contribution < 1.29 is 14.7 Å². The van der Waals surface area contributed by atoms with Gasteiger partial charge in [-0.15, -0.1) is 0 Å². The van der Waals surface area contributed by atoms with Gasteiger partial charge in [0, 0.05) is 4.47 Å². The number of halogens is 3. The van der Waals surface area contributed by atoms with Gasteiger partial charge in [0.05, 0.1) is 27.6 Å². The molecule has 1 amide bonds. The molecule has 7 heteroatoms. The van der Waals surface area contributed by atoms with Gasteiger partial charge in [-0.2, -0.15) is 0 Å². The van der Waals surface area contributed by atoms with Crippen molar-refractivity contribution in [2.45, 2.75) is 6.42 Å². The van der Waals surface area contributed by atoms with Crippen LogP contribution in [0.15, 0.2) is 16.6 Å². The highest BCUT2D eigenvalue weighted by Gasteiger charge is 2.48. The van der Waals surface area contributed by atoms with E-state index in [1.54, 1.807) is 12.1 Å². The second kappa shape index (κ2) is 5.07. The van der Waals surface area contributed by atoms with E-state index in [1.807, 2.05) is 0 Å². The molecule has 2 unspecified atom stereocenters. The third-order valence-electron chi connectivity index (χ3n) is 2.74. The third kappa shape index (κ3) is 2.63. The van der Waals surface area contributed by atoms with Crippen LogP contribution < -0.4 is 5.32 Å². The molecule has 2 rings (SSSR count). The van der Waals surface area contributed by atoms with Gasteiger partial charge in [0.1, 0.15) is 0 Å². The topological polar surface area (TPSA) is 66.4 Å². The minimum absolute atomic E-state index is 0.229. The van der Waals surface area contributed by atoms with Gasteiger partial charge in [-0.05, 0) is 34.5 Å². The maximum Gasteiger partial charge on any atom is 0.307 e. The number of rotatable bonds is 3. The lowest BCUT2D eigenvalue weighted by atomic mass is 10.2. The van der Waals surface area contributed by atoms with Crippen LogP contribution in [0.25, 0.3) is 0 Å². The maximum absolute atomic E-state index is 11.8. The van der Waals surface area contributed by atoms with Crippen molar-refractivity contribution in [3.8, 4) is 0 Å². The van der Waals surface area contributed by atoms with Crippen LogP contribution in [0.5, 0.6) is 0 Å². The molecule has 0 radical (unpaired) electrons. The number of amides is 1. The zero-order valence-electron chi connectivity index (χ0n) is 8.91. The zero-order valence-corrected chi connectivity index (χ0v) is 12.0. The molecule has 0 bridgehead atoms. The van der Waals surface area contributed by atoms with E-state index in [1.165, 1.54) is 0 Å². The lowest BCUT2D eigenvalue weighted by Crippen LogP contribution is -2.17. The quantitative estimate of drug-likeness (QED) is 0.819. The summed E-state index contributed by atoms with van der Waals surface area (Å²) in [5, 5.41) is 11.9. The molecule has 2 atom stereocenters. The number of benzene rings is 1. The van der Waals surface area contributed by atoms with Crippen LogP contribution in [0.4, 0.5) is 5.69 Å². The summed E-state index contributed by atoms with van der Waals surface area (Å²) >= 11 is 15.1. The largest absolute Gasteiger partial charge is 0.481 e. The molecule has 1 fully saturated rings. The van der Waals surface area contributed by atoms with E-state index in [0.717, 1.165) is 0 Å². The van der Waals surface area contributed by atoms with Gasteiger partial charge >= 0.3 is 5.97 Å². The highest BCUT2D eigenvalue weighted by atomic mass is 79.9. The van der Waals surface area contributed by atoms with Crippen molar-refractivity contribution in [1.82, 2.24) is 0 Å². The van der Waals surface area contributed by atoms with E-state index in [2.05, 4.69) is 21.2 Å². The fraction of sp³-hybridized carbons (Fsp3) is 0.273. The van der Waals surface area contributed by atoms with E-state index in [4.69, 9.17) is 28.3 Å². The Morgan fingerprint density at radius 2 is 1.94 bits per heavy atom. The molecule has 0 aliphatic heterocycles. The second-order valence-corrected chi connectivity index (χ2v) is 5.61. The molecule has 96 valence electrons. The molecule has 0 aromatic heterocycles. The second-order valence-electron chi connectivity index (χ2n) is 4.00. The minimum Gasteiger partial charge on any atom is -0.481 e. The van der Waals surface area contributed by atoms with Gasteiger partial charge in [0.25, 0.3) is 0 Å². The Kier molecular flexibility index (Phi) is 3.84. The molecule has 2 N–H and O–H groups in total. The Balaban J connectivity index is 2.09. The van der Waals surface area contributed by atoms with Crippen molar-refractivity contribution in [3.63, 3.8) is 0 Å². The molecule has 0 saturated heterocycles. The molecular formula is C11H8BrCl2NO3. The Bertz CT molecular complexity index is 535. The maximum atomic E-state index is 11.8. The molecule has 1 aliphatic rings. The van der Waals surface area contributed by atoms with Crippen LogP contribution in [-0.4, -0.2) is 17.0 Å². The molecular weight excluding hydrogens is 345 g/mol. The van der Waals surface area contributed by atoms with Crippen LogP contribution in [0.2, 0.25) is 10.0 Å². The lowest BCUT2D eigenvalue weighted by Gasteiger charge is -2.08. The van der Waals surface area contributed by atoms with Crippen molar-refractivity contribution in [2.24, 2.45) is 11.8 Å². The summed E-state index contributed by atoms with van der Waals surface area (Å²) in [5.41, 5.74) is 0.380. The van der Waals surface area contributed by atoms with E-state index in [-0.39, 0.29) is 10.9 Å². The smallest absolute Gasteiger partial charge is 0.307 e. The Hall–Kier alpha value is -0.780. The van der Waals surface area contributed by atoms with Crippen molar-refractivity contribution in [3.05, 3.63) is 26.7 Å². The average Bonchev–Trinajstić information content (AvgIpc) is 3.10. The molecule has 0 heterocycles. The van der Waals surface area contributed by atoms with Crippen LogP contribution >= 0.6 is 39.1 Å². The first-order valence-electron chi connectivity index (χ1n) is 5.09. The van der Waals surface area contributed by atoms with Crippen LogP contribution in [-0.2, 0) is 9.59 Å². The predicted octanol–water partition coefficient (Wildman–Crippen LogP) is 3.42. The number of nitrogens with one attached hydrogen (secondary N) is 1. The summed E-state index contributed by atoms with van der Waals surface area (Å²) in [6.07, 6.45) is 0.364. The van der Waals surface area contributed by atoms with Gasteiger partial charge in [-0.1, -0.05) is 23.2 Å². The molecule has 0 spiro atoms. The first kappa shape index (κ1) is 13.6. The fourth-order valence-corrected chi connectivity index (χ4v) is 2.43.